The van der Waals surface area contributed by atoms with Gasteiger partial charge in [-0.15, -0.1) is 0 Å². The number of hydrogen-bond acceptors (Lipinski definition) is 3. The van der Waals surface area contributed by atoms with Crippen LogP contribution in [0.3, 0.4) is 0 Å². The van der Waals surface area contributed by atoms with Crippen molar-refractivity contribution in [1.82, 2.24) is 5.32 Å². The van der Waals surface area contributed by atoms with Crippen LogP contribution in [-0.4, -0.2) is 24.0 Å². The van der Waals surface area contributed by atoms with Gasteiger partial charge in [-0.1, -0.05) is 18.2 Å². The smallest absolute Gasteiger partial charge is 0.120 e. The highest BCUT2D eigenvalue weighted by atomic mass is 16.3. The van der Waals surface area contributed by atoms with E-state index in [-0.39, 0.29) is 0 Å². The summed E-state index contributed by atoms with van der Waals surface area (Å²) in [5, 5.41) is 12.2. The number of nitrogens with one attached hydrogen (secondary N) is 1. The van der Waals surface area contributed by atoms with Crippen molar-refractivity contribution in [2.45, 2.75) is 0 Å². The Hall–Kier alpha value is -1.77. The lowest BCUT2D eigenvalue weighted by atomic mass is 10.2. The zero-order chi connectivity index (χ0) is 9.80. The van der Waals surface area contributed by atoms with E-state index in [4.69, 9.17) is 5.11 Å². The molecule has 72 valence electrons. The largest absolute Gasteiger partial charge is 0.508 e. The Morgan fingerprint density at radius 2 is 2.00 bits per heavy atom. The van der Waals surface area contributed by atoms with Crippen LogP contribution in [-0.2, 0) is 0 Å². The monoisotopic (exact) mass is 188 g/mol. The molecule has 1 aliphatic rings. The van der Waals surface area contributed by atoms with Crippen molar-refractivity contribution in [2.24, 2.45) is 4.99 Å². The molecule has 14 heavy (non-hydrogen) atoms. The van der Waals surface area contributed by atoms with E-state index in [0.29, 0.717) is 5.75 Å². The third-order valence-electron chi connectivity index (χ3n) is 2.03. The van der Waals surface area contributed by atoms with Crippen LogP contribution in [0.5, 0.6) is 5.75 Å². The van der Waals surface area contributed by atoms with Gasteiger partial charge in [-0.3, -0.25) is 4.99 Å². The number of phenolic OH excluding ortho intramolecular Hbond substituents is 1. The van der Waals surface area contributed by atoms with Crippen molar-refractivity contribution >= 4 is 11.9 Å². The molecule has 2 N–H and O–H groups in total. The summed E-state index contributed by atoms with van der Waals surface area (Å²) in [4.78, 5) is 4.24. The van der Waals surface area contributed by atoms with Crippen LogP contribution in [0.15, 0.2) is 35.3 Å². The first-order valence-corrected chi connectivity index (χ1v) is 4.60. The van der Waals surface area contributed by atoms with Gasteiger partial charge in [-0.25, -0.2) is 0 Å². The number of benzene rings is 1. The highest BCUT2D eigenvalue weighted by Gasteiger charge is 1.98. The van der Waals surface area contributed by atoms with Crippen molar-refractivity contribution < 1.29 is 5.11 Å². The van der Waals surface area contributed by atoms with E-state index in [9.17, 15) is 0 Å². The van der Waals surface area contributed by atoms with Gasteiger partial charge in [0.15, 0.2) is 0 Å². The van der Waals surface area contributed by atoms with Crippen LogP contribution >= 0.6 is 0 Å². The molecule has 1 heterocycles. The van der Waals surface area contributed by atoms with Gasteiger partial charge >= 0.3 is 0 Å². The van der Waals surface area contributed by atoms with Gasteiger partial charge in [-0.2, -0.15) is 0 Å². The van der Waals surface area contributed by atoms with Gasteiger partial charge in [0.1, 0.15) is 11.6 Å². The highest BCUT2D eigenvalue weighted by Crippen LogP contribution is 2.10. The van der Waals surface area contributed by atoms with E-state index < -0.39 is 0 Å². The average molecular weight is 188 g/mol. The normalized spacial score (nSPS) is 15.6. The summed E-state index contributed by atoms with van der Waals surface area (Å²) >= 11 is 0. The predicted octanol–water partition coefficient (Wildman–Crippen LogP) is 1.41. The summed E-state index contributed by atoms with van der Waals surface area (Å²) in [6, 6.07) is 7.07. The Balaban J connectivity index is 2.06. The molecule has 2 rings (SSSR count). The Morgan fingerprint density at radius 1 is 1.21 bits per heavy atom. The second-order valence-electron chi connectivity index (χ2n) is 3.12. The standard InChI is InChI=1S/C11H12N2O/c14-10-4-1-9(2-5-10)3-6-11-12-7-8-13-11/h1-6,14H,7-8H2,(H,12,13). The fraction of sp³-hybridized carbons (Fsp3) is 0.182. The summed E-state index contributed by atoms with van der Waals surface area (Å²) in [6.45, 7) is 1.78. The van der Waals surface area contributed by atoms with E-state index in [2.05, 4.69) is 10.3 Å². The molecule has 0 radical (unpaired) electrons. The lowest BCUT2D eigenvalue weighted by Crippen LogP contribution is -2.15. The Kier molecular flexibility index (Phi) is 2.49. The third kappa shape index (κ3) is 2.13. The van der Waals surface area contributed by atoms with E-state index in [0.717, 1.165) is 24.5 Å². The summed E-state index contributed by atoms with van der Waals surface area (Å²) in [7, 11) is 0. The maximum atomic E-state index is 9.08. The molecule has 0 saturated carbocycles. The molecule has 0 amide bonds. The minimum absolute atomic E-state index is 0.290. The average Bonchev–Trinajstić information content (AvgIpc) is 2.70. The maximum absolute atomic E-state index is 9.08. The molecule has 0 saturated heterocycles. The van der Waals surface area contributed by atoms with Gasteiger partial charge in [-0.05, 0) is 23.8 Å². The van der Waals surface area contributed by atoms with Gasteiger partial charge in [0.25, 0.3) is 0 Å². The quantitative estimate of drug-likeness (QED) is 0.737. The van der Waals surface area contributed by atoms with Gasteiger partial charge in [0.2, 0.25) is 0 Å². The zero-order valence-electron chi connectivity index (χ0n) is 7.77. The molecular formula is C11H12N2O. The van der Waals surface area contributed by atoms with Crippen LogP contribution in [0.2, 0.25) is 0 Å². The fourth-order valence-corrected chi connectivity index (χ4v) is 1.29. The SMILES string of the molecule is Oc1ccc(C=CC2=NCCN2)cc1. The van der Waals surface area contributed by atoms with E-state index in [1.807, 2.05) is 24.3 Å². The van der Waals surface area contributed by atoms with Crippen molar-refractivity contribution in [1.29, 1.82) is 0 Å². The topological polar surface area (TPSA) is 44.6 Å². The van der Waals surface area contributed by atoms with Crippen molar-refractivity contribution in [3.63, 3.8) is 0 Å². The number of phenols is 1. The molecule has 0 unspecified atom stereocenters. The van der Waals surface area contributed by atoms with Gasteiger partial charge in [0, 0.05) is 6.54 Å². The summed E-state index contributed by atoms with van der Waals surface area (Å²) in [5.74, 6) is 1.22. The third-order valence-corrected chi connectivity index (χ3v) is 2.03. The van der Waals surface area contributed by atoms with Crippen LogP contribution in [0.1, 0.15) is 5.56 Å². The molecule has 0 spiro atoms. The molecule has 0 fully saturated rings. The molecule has 0 aliphatic carbocycles. The first-order chi connectivity index (χ1) is 6.84. The van der Waals surface area contributed by atoms with Crippen LogP contribution in [0, 0.1) is 0 Å². The van der Waals surface area contributed by atoms with Crippen molar-refractivity contribution in [3.05, 3.63) is 35.9 Å². The fourth-order valence-electron chi connectivity index (χ4n) is 1.29. The Labute approximate surface area is 82.8 Å². The highest BCUT2D eigenvalue weighted by molar-refractivity contribution is 5.97. The van der Waals surface area contributed by atoms with Crippen molar-refractivity contribution in [2.75, 3.05) is 13.1 Å². The number of aromatic hydroxyl groups is 1. The molecule has 3 nitrogen and oxygen atoms in total. The second kappa shape index (κ2) is 3.96. The summed E-state index contributed by atoms with van der Waals surface area (Å²) in [6.07, 6.45) is 3.91. The molecule has 1 aromatic rings. The predicted molar refractivity (Wildman–Crippen MR) is 57.4 cm³/mol. The number of amidine groups is 1. The Morgan fingerprint density at radius 3 is 2.64 bits per heavy atom. The molecule has 3 heteroatoms. The number of nitrogens with zero attached hydrogens (tertiary/aromatic N) is 1. The molecular weight excluding hydrogens is 176 g/mol. The van der Waals surface area contributed by atoms with Crippen molar-refractivity contribution in [3.8, 4) is 5.75 Å². The minimum atomic E-state index is 0.290. The van der Waals surface area contributed by atoms with E-state index in [1.165, 1.54) is 0 Å². The van der Waals surface area contributed by atoms with E-state index in [1.54, 1.807) is 12.1 Å². The second-order valence-corrected chi connectivity index (χ2v) is 3.12. The lowest BCUT2D eigenvalue weighted by Gasteiger charge is -1.95. The summed E-state index contributed by atoms with van der Waals surface area (Å²) < 4.78 is 0. The van der Waals surface area contributed by atoms with Crippen LogP contribution < -0.4 is 5.32 Å². The maximum Gasteiger partial charge on any atom is 0.120 e. The molecule has 1 aromatic carbocycles. The summed E-state index contributed by atoms with van der Waals surface area (Å²) in [5.41, 5.74) is 1.05. The zero-order valence-corrected chi connectivity index (χ0v) is 7.77. The number of rotatable bonds is 2. The first-order valence-electron chi connectivity index (χ1n) is 4.60. The van der Waals surface area contributed by atoms with E-state index >= 15 is 0 Å². The molecule has 0 aromatic heterocycles. The lowest BCUT2D eigenvalue weighted by molar-refractivity contribution is 0.475. The van der Waals surface area contributed by atoms with Gasteiger partial charge in [0.05, 0.1) is 6.54 Å². The number of hydrogen-bond donors (Lipinski definition) is 2. The number of aliphatic imine (C=N–C) groups is 1. The minimum Gasteiger partial charge on any atom is -0.508 e. The first kappa shape index (κ1) is 8.81. The molecule has 0 atom stereocenters. The van der Waals surface area contributed by atoms with Gasteiger partial charge < -0.3 is 10.4 Å². The Bertz CT molecular complexity index is 365. The molecule has 1 aliphatic heterocycles. The van der Waals surface area contributed by atoms with Crippen LogP contribution in [0.25, 0.3) is 6.08 Å². The van der Waals surface area contributed by atoms with Crippen LogP contribution in [0.4, 0.5) is 0 Å². The molecule has 0 bridgehead atoms.